The van der Waals surface area contributed by atoms with Crippen molar-refractivity contribution in [2.75, 3.05) is 7.11 Å². The second kappa shape index (κ2) is 8.00. The lowest BCUT2D eigenvalue weighted by atomic mass is 10.3. The molecule has 0 radical (unpaired) electrons. The second-order valence-electron chi connectivity index (χ2n) is 4.19. The lowest BCUT2D eigenvalue weighted by Gasteiger charge is -2.18. The molecule has 120 valence electrons. The van der Waals surface area contributed by atoms with Crippen molar-refractivity contribution >= 4 is 19.9 Å². The molecule has 0 aliphatic rings. The van der Waals surface area contributed by atoms with Crippen LogP contribution in [0.4, 0.5) is 0 Å². The summed E-state index contributed by atoms with van der Waals surface area (Å²) in [6, 6.07) is 16.9. The van der Waals surface area contributed by atoms with Crippen molar-refractivity contribution in [3.63, 3.8) is 0 Å². The third-order valence-electron chi connectivity index (χ3n) is 2.49. The van der Waals surface area contributed by atoms with E-state index in [9.17, 15) is 9.36 Å². The van der Waals surface area contributed by atoms with E-state index in [2.05, 4.69) is 15.0 Å². The van der Waals surface area contributed by atoms with Crippen molar-refractivity contribution in [2.24, 2.45) is 5.10 Å². The first kappa shape index (κ1) is 16.6. The largest absolute Gasteiger partial charge is 0.557 e. The van der Waals surface area contributed by atoms with Gasteiger partial charge in [0, 0.05) is 0 Å². The minimum absolute atomic E-state index is 0.326. The van der Waals surface area contributed by atoms with Crippen molar-refractivity contribution in [1.29, 1.82) is 0 Å². The van der Waals surface area contributed by atoms with Crippen LogP contribution in [0.2, 0.25) is 0 Å². The molecule has 0 aromatic heterocycles. The maximum Gasteiger partial charge on any atom is 0.557 e. The molecule has 0 aliphatic carbocycles. The van der Waals surface area contributed by atoms with Crippen molar-refractivity contribution in [2.45, 2.75) is 0 Å². The second-order valence-corrected chi connectivity index (χ2v) is 5.75. The molecule has 0 atom stereocenters. The van der Waals surface area contributed by atoms with Crippen molar-refractivity contribution in [1.82, 2.24) is 5.20 Å². The van der Waals surface area contributed by atoms with Gasteiger partial charge in [-0.25, -0.2) is 9.36 Å². The van der Waals surface area contributed by atoms with Crippen LogP contribution in [0.1, 0.15) is 0 Å². The molecule has 0 heterocycles. The summed E-state index contributed by atoms with van der Waals surface area (Å²) < 4.78 is 28.0. The average molecular weight is 334 g/mol. The molecule has 2 aromatic carbocycles. The Hall–Kier alpha value is -2.79. The Kier molecular flexibility index (Phi) is 5.77. The standard InChI is InChI=1S/C15H15N2O5P/c1-20-15(18)12-16-17-23(19,21-13-8-4-2-5-9-13)22-14-10-6-3-7-11-14/h2-12H,1H3,(H,17,19)/b16-12+. The number of nitrogens with one attached hydrogen (secondary N) is 1. The number of benzene rings is 2. The number of nitrogens with zero attached hydrogens (tertiary/aromatic N) is 1. The Bertz CT molecular complexity index is 661. The molecule has 0 saturated heterocycles. The first-order valence-electron chi connectivity index (χ1n) is 6.59. The first-order valence-corrected chi connectivity index (χ1v) is 8.13. The molecule has 7 nitrogen and oxygen atoms in total. The number of hydrogen-bond acceptors (Lipinski definition) is 6. The summed E-state index contributed by atoms with van der Waals surface area (Å²) in [5.41, 5.74) is 0. The van der Waals surface area contributed by atoms with Crippen molar-refractivity contribution < 1.29 is 23.1 Å². The average Bonchev–Trinajstić information content (AvgIpc) is 2.56. The molecule has 0 fully saturated rings. The third kappa shape index (κ3) is 5.48. The lowest BCUT2D eigenvalue weighted by molar-refractivity contribution is -0.132. The third-order valence-corrected chi connectivity index (χ3v) is 3.75. The fourth-order valence-electron chi connectivity index (χ4n) is 1.50. The van der Waals surface area contributed by atoms with E-state index in [1.165, 1.54) is 7.11 Å². The molecule has 0 spiro atoms. The number of methoxy groups -OCH3 is 1. The fraction of sp³-hybridized carbons (Fsp3) is 0.0667. The molecule has 23 heavy (non-hydrogen) atoms. The number of hydrazone groups is 1. The number of carbonyl (C=O) groups is 1. The van der Waals surface area contributed by atoms with Gasteiger partial charge in [-0.1, -0.05) is 36.4 Å². The molecular weight excluding hydrogens is 319 g/mol. The van der Waals surface area contributed by atoms with E-state index in [-0.39, 0.29) is 0 Å². The maximum absolute atomic E-state index is 12.8. The Morgan fingerprint density at radius 1 is 1.00 bits per heavy atom. The van der Waals surface area contributed by atoms with Crippen LogP contribution in [0.25, 0.3) is 0 Å². The van der Waals surface area contributed by atoms with Gasteiger partial charge in [0.05, 0.1) is 7.11 Å². The zero-order chi connectivity index (χ0) is 16.5. The molecular formula is C15H15N2O5P. The van der Waals surface area contributed by atoms with Gasteiger partial charge >= 0.3 is 13.7 Å². The molecule has 1 N–H and O–H groups in total. The lowest BCUT2D eigenvalue weighted by Crippen LogP contribution is -2.15. The van der Waals surface area contributed by atoms with Crippen LogP contribution in [-0.4, -0.2) is 19.3 Å². The SMILES string of the molecule is COC(=O)/C=N/NP(=O)(Oc1ccccc1)Oc1ccccc1. The number of hydrogen-bond donors (Lipinski definition) is 1. The van der Waals surface area contributed by atoms with Crippen LogP contribution in [0.15, 0.2) is 65.8 Å². The summed E-state index contributed by atoms with van der Waals surface area (Å²) in [6.07, 6.45) is 0.829. The summed E-state index contributed by atoms with van der Waals surface area (Å²) in [5, 5.41) is 5.78. The van der Waals surface area contributed by atoms with E-state index in [1.54, 1.807) is 60.7 Å². The van der Waals surface area contributed by atoms with E-state index >= 15 is 0 Å². The minimum atomic E-state index is -3.89. The highest BCUT2D eigenvalue weighted by Crippen LogP contribution is 2.44. The van der Waals surface area contributed by atoms with Gasteiger partial charge in [0.2, 0.25) is 0 Å². The van der Waals surface area contributed by atoms with Crippen LogP contribution in [0.3, 0.4) is 0 Å². The van der Waals surface area contributed by atoms with Crippen LogP contribution in [0, 0.1) is 0 Å². The van der Waals surface area contributed by atoms with Gasteiger partial charge in [0.1, 0.15) is 17.7 Å². The number of ether oxygens (including phenoxy) is 1. The number of esters is 1. The highest BCUT2D eigenvalue weighted by atomic mass is 31.2. The molecule has 0 unspecified atom stereocenters. The highest BCUT2D eigenvalue weighted by molar-refractivity contribution is 7.52. The van der Waals surface area contributed by atoms with E-state index in [0.717, 1.165) is 6.21 Å². The van der Waals surface area contributed by atoms with Gasteiger partial charge in [-0.2, -0.15) is 10.3 Å². The minimum Gasteiger partial charge on any atom is -0.465 e. The maximum atomic E-state index is 12.8. The summed E-state index contributed by atoms with van der Waals surface area (Å²) in [4.78, 5) is 11.0. The van der Waals surface area contributed by atoms with Gasteiger partial charge in [-0.15, -0.1) is 0 Å². The van der Waals surface area contributed by atoms with Crippen molar-refractivity contribution in [3.05, 3.63) is 60.7 Å². The number of para-hydroxylation sites is 2. The van der Waals surface area contributed by atoms with Gasteiger partial charge in [0.15, 0.2) is 0 Å². The van der Waals surface area contributed by atoms with Gasteiger partial charge in [-0.05, 0) is 24.3 Å². The van der Waals surface area contributed by atoms with Crippen LogP contribution in [0.5, 0.6) is 11.5 Å². The van der Waals surface area contributed by atoms with Gasteiger partial charge < -0.3 is 13.8 Å². The van der Waals surface area contributed by atoms with E-state index < -0.39 is 13.7 Å². The normalized spacial score (nSPS) is 11.0. The summed E-state index contributed by atoms with van der Waals surface area (Å²) >= 11 is 0. The number of carbonyl (C=O) groups excluding carboxylic acids is 1. The Morgan fingerprint density at radius 3 is 1.91 bits per heavy atom. The molecule has 0 amide bonds. The van der Waals surface area contributed by atoms with Crippen LogP contribution in [-0.2, 0) is 14.1 Å². The molecule has 0 saturated carbocycles. The highest BCUT2D eigenvalue weighted by Gasteiger charge is 2.28. The van der Waals surface area contributed by atoms with E-state index in [0.29, 0.717) is 11.5 Å². The molecule has 0 aliphatic heterocycles. The van der Waals surface area contributed by atoms with Crippen molar-refractivity contribution in [3.8, 4) is 11.5 Å². The Labute approximate surface area is 133 Å². The topological polar surface area (TPSA) is 86.2 Å². The van der Waals surface area contributed by atoms with Gasteiger partial charge in [0.25, 0.3) is 0 Å². The molecule has 0 bridgehead atoms. The summed E-state index contributed by atoms with van der Waals surface area (Å²) in [5.74, 6) is -0.0523. The first-order chi connectivity index (χ1) is 11.1. The molecule has 2 rings (SSSR count). The van der Waals surface area contributed by atoms with Crippen LogP contribution < -0.4 is 14.2 Å². The predicted molar refractivity (Wildman–Crippen MR) is 85.4 cm³/mol. The van der Waals surface area contributed by atoms with E-state index in [4.69, 9.17) is 9.05 Å². The summed E-state index contributed by atoms with van der Waals surface area (Å²) in [7, 11) is -2.68. The predicted octanol–water partition coefficient (Wildman–Crippen LogP) is 3.00. The van der Waals surface area contributed by atoms with Crippen LogP contribution >= 0.6 is 7.75 Å². The quantitative estimate of drug-likeness (QED) is 0.362. The smallest absolute Gasteiger partial charge is 0.465 e. The Morgan fingerprint density at radius 2 is 1.48 bits per heavy atom. The Balaban J connectivity index is 2.17. The number of rotatable bonds is 7. The molecule has 8 heteroatoms. The molecule has 2 aromatic rings. The van der Waals surface area contributed by atoms with Gasteiger partial charge in [-0.3, -0.25) is 0 Å². The van der Waals surface area contributed by atoms with E-state index in [1.807, 2.05) is 0 Å². The fourth-order valence-corrected chi connectivity index (χ4v) is 2.62. The zero-order valence-corrected chi connectivity index (χ0v) is 13.2. The monoisotopic (exact) mass is 334 g/mol. The zero-order valence-electron chi connectivity index (χ0n) is 12.3. The summed E-state index contributed by atoms with van der Waals surface area (Å²) in [6.45, 7) is 0.